The monoisotopic (exact) mass is 417 g/mol. The van der Waals surface area contributed by atoms with Gasteiger partial charge in [0.25, 0.3) is 5.91 Å². The van der Waals surface area contributed by atoms with Crippen molar-refractivity contribution >= 4 is 46.4 Å². The van der Waals surface area contributed by atoms with Crippen LogP contribution in [0.5, 0.6) is 17.2 Å². The highest BCUT2D eigenvalue weighted by molar-refractivity contribution is 6.42. The van der Waals surface area contributed by atoms with Crippen molar-refractivity contribution in [3.63, 3.8) is 0 Å². The lowest BCUT2D eigenvalue weighted by atomic mass is 10.1. The molecule has 5 nitrogen and oxygen atoms in total. The van der Waals surface area contributed by atoms with Crippen LogP contribution in [0.4, 0.5) is 5.69 Å². The van der Waals surface area contributed by atoms with Crippen LogP contribution < -0.4 is 19.5 Å². The van der Waals surface area contributed by atoms with Crippen LogP contribution in [-0.2, 0) is 4.79 Å². The highest BCUT2D eigenvalue weighted by Crippen LogP contribution is 2.42. The molecule has 8 heteroatoms. The van der Waals surface area contributed by atoms with Crippen LogP contribution in [0.3, 0.4) is 0 Å². The largest absolute Gasteiger partial charge is 0.497 e. The number of benzene rings is 2. The maximum atomic E-state index is 12.2. The number of methoxy groups -OCH3 is 2. The SMILES string of the molecule is COc1ccc(NC(=O)COc2c(Cl)c(C)c(Cl)c(C)c2Cl)c(OC)c1. The Morgan fingerprint density at radius 1 is 1.00 bits per heavy atom. The van der Waals surface area contributed by atoms with E-state index in [4.69, 9.17) is 49.0 Å². The molecule has 2 aromatic carbocycles. The van der Waals surface area contributed by atoms with Gasteiger partial charge in [-0.15, -0.1) is 0 Å². The molecule has 2 aromatic rings. The maximum Gasteiger partial charge on any atom is 0.262 e. The summed E-state index contributed by atoms with van der Waals surface area (Å²) in [6.45, 7) is 3.22. The summed E-state index contributed by atoms with van der Waals surface area (Å²) in [6, 6.07) is 5.04. The number of amides is 1. The van der Waals surface area contributed by atoms with Crippen molar-refractivity contribution in [2.45, 2.75) is 13.8 Å². The zero-order chi connectivity index (χ0) is 19.4. The van der Waals surface area contributed by atoms with Crippen molar-refractivity contribution in [2.75, 3.05) is 26.1 Å². The minimum Gasteiger partial charge on any atom is -0.497 e. The fourth-order valence-electron chi connectivity index (χ4n) is 2.26. The van der Waals surface area contributed by atoms with Crippen molar-refractivity contribution in [2.24, 2.45) is 0 Å². The summed E-state index contributed by atoms with van der Waals surface area (Å²) in [5.41, 5.74) is 1.77. The van der Waals surface area contributed by atoms with Gasteiger partial charge < -0.3 is 19.5 Å². The molecule has 0 aliphatic rings. The zero-order valence-electron chi connectivity index (χ0n) is 14.7. The van der Waals surface area contributed by atoms with Crippen LogP contribution >= 0.6 is 34.8 Å². The van der Waals surface area contributed by atoms with Crippen molar-refractivity contribution in [1.82, 2.24) is 0 Å². The number of carbonyl (C=O) groups is 1. The summed E-state index contributed by atoms with van der Waals surface area (Å²) in [5.74, 6) is 0.907. The first-order chi connectivity index (χ1) is 12.3. The second kappa shape index (κ2) is 8.71. The fourth-order valence-corrected chi connectivity index (χ4v) is 3.08. The molecule has 0 bridgehead atoms. The van der Waals surface area contributed by atoms with Gasteiger partial charge in [-0.25, -0.2) is 0 Å². The molecule has 0 spiro atoms. The van der Waals surface area contributed by atoms with E-state index in [9.17, 15) is 4.79 Å². The van der Waals surface area contributed by atoms with Gasteiger partial charge in [-0.1, -0.05) is 34.8 Å². The first-order valence-electron chi connectivity index (χ1n) is 7.58. The van der Waals surface area contributed by atoms with Crippen LogP contribution in [0.1, 0.15) is 11.1 Å². The normalized spacial score (nSPS) is 10.4. The predicted octanol–water partition coefficient (Wildman–Crippen LogP) is 5.30. The first-order valence-corrected chi connectivity index (χ1v) is 8.71. The number of carbonyl (C=O) groups excluding carboxylic acids is 1. The maximum absolute atomic E-state index is 12.2. The summed E-state index contributed by atoms with van der Waals surface area (Å²) in [7, 11) is 3.05. The Balaban J connectivity index is 2.13. The van der Waals surface area contributed by atoms with E-state index in [-0.39, 0.29) is 22.4 Å². The Bertz CT molecular complexity index is 811. The molecular formula is C18H18Cl3NO4. The van der Waals surface area contributed by atoms with Gasteiger partial charge in [0.05, 0.1) is 30.0 Å². The first kappa shape index (κ1) is 20.5. The molecule has 0 radical (unpaired) electrons. The van der Waals surface area contributed by atoms with Gasteiger partial charge in [0.2, 0.25) is 0 Å². The third kappa shape index (κ3) is 4.29. The minimum atomic E-state index is -0.397. The highest BCUT2D eigenvalue weighted by atomic mass is 35.5. The van der Waals surface area contributed by atoms with E-state index in [2.05, 4.69) is 5.32 Å². The Hall–Kier alpha value is -1.82. The van der Waals surface area contributed by atoms with E-state index >= 15 is 0 Å². The van der Waals surface area contributed by atoms with Gasteiger partial charge in [-0.3, -0.25) is 4.79 Å². The molecule has 0 aliphatic heterocycles. The number of ether oxygens (including phenoxy) is 3. The molecule has 0 fully saturated rings. The van der Waals surface area contributed by atoms with Gasteiger partial charge in [-0.05, 0) is 37.1 Å². The molecule has 26 heavy (non-hydrogen) atoms. The third-order valence-corrected chi connectivity index (χ3v) is 5.22. The number of rotatable bonds is 6. The highest BCUT2D eigenvalue weighted by Gasteiger charge is 2.19. The molecule has 2 rings (SSSR count). The van der Waals surface area contributed by atoms with Crippen LogP contribution in [0.25, 0.3) is 0 Å². The summed E-state index contributed by atoms with van der Waals surface area (Å²) >= 11 is 18.6. The molecule has 140 valence electrons. The quantitative estimate of drug-likeness (QED) is 0.692. The lowest BCUT2D eigenvalue weighted by molar-refractivity contribution is -0.118. The van der Waals surface area contributed by atoms with E-state index in [0.29, 0.717) is 33.3 Å². The van der Waals surface area contributed by atoms with E-state index in [1.807, 2.05) is 0 Å². The molecule has 0 atom stereocenters. The second-order valence-electron chi connectivity index (χ2n) is 5.42. The van der Waals surface area contributed by atoms with Crippen molar-refractivity contribution in [1.29, 1.82) is 0 Å². The van der Waals surface area contributed by atoms with Crippen molar-refractivity contribution in [3.05, 3.63) is 44.4 Å². The lowest BCUT2D eigenvalue weighted by Crippen LogP contribution is -2.21. The summed E-state index contributed by atoms with van der Waals surface area (Å²) in [4.78, 5) is 12.2. The van der Waals surface area contributed by atoms with Gasteiger partial charge in [0, 0.05) is 11.1 Å². The van der Waals surface area contributed by atoms with Gasteiger partial charge in [0.1, 0.15) is 11.5 Å². The molecule has 1 N–H and O–H groups in total. The standard InChI is InChI=1S/C18H18Cl3NO4/c1-9-15(19)10(2)17(21)18(16(9)20)26-8-14(23)22-12-6-5-11(24-3)7-13(12)25-4/h5-7H,8H2,1-4H3,(H,22,23). The summed E-state index contributed by atoms with van der Waals surface area (Å²) < 4.78 is 15.9. The van der Waals surface area contributed by atoms with E-state index in [1.165, 1.54) is 7.11 Å². The predicted molar refractivity (Wildman–Crippen MR) is 105 cm³/mol. The molecular weight excluding hydrogens is 401 g/mol. The van der Waals surface area contributed by atoms with Crippen LogP contribution in [-0.4, -0.2) is 26.7 Å². The number of anilines is 1. The Morgan fingerprint density at radius 2 is 1.62 bits per heavy atom. The zero-order valence-corrected chi connectivity index (χ0v) is 17.0. The van der Waals surface area contributed by atoms with Gasteiger partial charge in [-0.2, -0.15) is 0 Å². The third-order valence-electron chi connectivity index (χ3n) is 3.75. The average molecular weight is 419 g/mol. The van der Waals surface area contributed by atoms with Crippen LogP contribution in [0, 0.1) is 13.8 Å². The molecule has 0 aliphatic carbocycles. The Kier molecular flexibility index (Phi) is 6.87. The number of hydrogen-bond acceptors (Lipinski definition) is 4. The van der Waals surface area contributed by atoms with Crippen LogP contribution in [0.2, 0.25) is 15.1 Å². The van der Waals surface area contributed by atoms with Crippen molar-refractivity contribution < 1.29 is 19.0 Å². The fraction of sp³-hybridized carbons (Fsp3) is 0.278. The number of hydrogen-bond donors (Lipinski definition) is 1. The Labute approximate surface area is 167 Å². The number of halogens is 3. The summed E-state index contributed by atoms with van der Waals surface area (Å²) in [5, 5.41) is 3.73. The second-order valence-corrected chi connectivity index (χ2v) is 6.56. The molecule has 0 heterocycles. The topological polar surface area (TPSA) is 56.8 Å². The van der Waals surface area contributed by atoms with E-state index < -0.39 is 5.91 Å². The molecule has 0 unspecified atom stereocenters. The Morgan fingerprint density at radius 3 is 2.15 bits per heavy atom. The molecule has 0 saturated heterocycles. The number of nitrogens with one attached hydrogen (secondary N) is 1. The lowest BCUT2D eigenvalue weighted by Gasteiger charge is -2.16. The van der Waals surface area contributed by atoms with Crippen molar-refractivity contribution in [3.8, 4) is 17.2 Å². The molecule has 0 saturated carbocycles. The average Bonchev–Trinajstić information content (AvgIpc) is 2.65. The minimum absolute atomic E-state index is 0.226. The molecule has 1 amide bonds. The van der Waals surface area contributed by atoms with Gasteiger partial charge >= 0.3 is 0 Å². The molecule has 0 aromatic heterocycles. The summed E-state index contributed by atoms with van der Waals surface area (Å²) in [6.07, 6.45) is 0. The van der Waals surface area contributed by atoms with Gasteiger partial charge in [0.15, 0.2) is 12.4 Å². The van der Waals surface area contributed by atoms with E-state index in [0.717, 1.165) is 0 Å². The smallest absolute Gasteiger partial charge is 0.262 e. The van der Waals surface area contributed by atoms with E-state index in [1.54, 1.807) is 39.2 Å². The van der Waals surface area contributed by atoms with Crippen LogP contribution in [0.15, 0.2) is 18.2 Å².